The van der Waals surface area contributed by atoms with Crippen molar-refractivity contribution in [1.82, 2.24) is 0 Å². The Bertz CT molecular complexity index is 678. The normalized spacial score (nSPS) is 10.8. The fraction of sp³-hybridized carbons (Fsp3) is 0.235. The zero-order valence-corrected chi connectivity index (χ0v) is 15.3. The summed E-state index contributed by atoms with van der Waals surface area (Å²) < 4.78 is 7.12. The van der Waals surface area contributed by atoms with Crippen LogP contribution in [-0.2, 0) is 0 Å². The van der Waals surface area contributed by atoms with Crippen molar-refractivity contribution < 1.29 is 9.53 Å². The highest BCUT2D eigenvalue weighted by atomic mass is 79.9. The Kier molecular flexibility index (Phi) is 5.22. The molecule has 2 rings (SSSR count). The minimum absolute atomic E-state index is 0.368. The Morgan fingerprint density at radius 2 is 1.81 bits per heavy atom. The number of halogens is 2. The van der Waals surface area contributed by atoms with Crippen LogP contribution >= 0.6 is 31.9 Å². The van der Waals surface area contributed by atoms with Crippen molar-refractivity contribution in [3.63, 3.8) is 0 Å². The van der Waals surface area contributed by atoms with Crippen LogP contribution in [0.5, 0.6) is 5.75 Å². The molecule has 0 saturated heterocycles. The van der Waals surface area contributed by atoms with Crippen molar-refractivity contribution in [1.29, 1.82) is 0 Å². The monoisotopic (exact) mass is 410 g/mol. The molecular weight excluding hydrogens is 396 g/mol. The maximum Gasteiger partial charge on any atom is 0.344 e. The van der Waals surface area contributed by atoms with Crippen LogP contribution in [0.4, 0.5) is 0 Å². The van der Waals surface area contributed by atoms with Crippen LogP contribution in [0.15, 0.2) is 45.3 Å². The third kappa shape index (κ3) is 3.95. The van der Waals surface area contributed by atoms with E-state index in [0.717, 1.165) is 15.6 Å². The molecule has 0 saturated carbocycles. The van der Waals surface area contributed by atoms with Crippen molar-refractivity contribution in [3.8, 4) is 5.75 Å². The number of rotatable bonds is 3. The number of carbonyl (C=O) groups excluding carboxylic acids is 1. The second kappa shape index (κ2) is 6.75. The standard InChI is InChI=1S/C17H16Br2O2/c1-10(2)12-5-4-11(3)16(8-12)21-17(20)14-9-13(18)6-7-15(14)19/h4-10H,1-3H3. The van der Waals surface area contributed by atoms with Crippen LogP contribution < -0.4 is 4.74 Å². The van der Waals surface area contributed by atoms with E-state index in [0.29, 0.717) is 21.7 Å². The van der Waals surface area contributed by atoms with Gasteiger partial charge in [-0.15, -0.1) is 0 Å². The molecule has 0 amide bonds. The summed E-state index contributed by atoms with van der Waals surface area (Å²) in [4.78, 5) is 12.3. The van der Waals surface area contributed by atoms with E-state index in [1.54, 1.807) is 6.07 Å². The molecule has 2 nitrogen and oxygen atoms in total. The highest BCUT2D eigenvalue weighted by Gasteiger charge is 2.15. The number of aryl methyl sites for hydroxylation is 1. The predicted octanol–water partition coefficient (Wildman–Crippen LogP) is 5.86. The first-order valence-electron chi connectivity index (χ1n) is 6.66. The first-order chi connectivity index (χ1) is 9.88. The Morgan fingerprint density at radius 3 is 2.48 bits per heavy atom. The molecule has 0 bridgehead atoms. The molecule has 0 radical (unpaired) electrons. The third-order valence-electron chi connectivity index (χ3n) is 3.23. The maximum absolute atomic E-state index is 12.3. The van der Waals surface area contributed by atoms with E-state index in [2.05, 4.69) is 51.8 Å². The van der Waals surface area contributed by atoms with Crippen molar-refractivity contribution in [2.75, 3.05) is 0 Å². The van der Waals surface area contributed by atoms with E-state index < -0.39 is 0 Å². The fourth-order valence-electron chi connectivity index (χ4n) is 1.89. The minimum atomic E-state index is -0.368. The number of ether oxygens (including phenoxy) is 1. The number of hydrogen-bond donors (Lipinski definition) is 0. The van der Waals surface area contributed by atoms with Gasteiger partial charge in [0.2, 0.25) is 0 Å². The summed E-state index contributed by atoms with van der Waals surface area (Å²) in [5.41, 5.74) is 2.59. The van der Waals surface area contributed by atoms with Crippen LogP contribution in [0.1, 0.15) is 41.3 Å². The molecule has 21 heavy (non-hydrogen) atoms. The number of esters is 1. The van der Waals surface area contributed by atoms with E-state index >= 15 is 0 Å². The lowest BCUT2D eigenvalue weighted by molar-refractivity contribution is 0.0732. The molecule has 0 fully saturated rings. The summed E-state index contributed by atoms with van der Waals surface area (Å²) in [7, 11) is 0. The van der Waals surface area contributed by atoms with Gasteiger partial charge in [0.1, 0.15) is 5.75 Å². The summed E-state index contributed by atoms with van der Waals surface area (Å²) in [5, 5.41) is 0. The van der Waals surface area contributed by atoms with Crippen molar-refractivity contribution >= 4 is 37.8 Å². The zero-order chi connectivity index (χ0) is 15.6. The van der Waals surface area contributed by atoms with E-state index in [9.17, 15) is 4.79 Å². The Labute approximate surface area is 141 Å². The zero-order valence-electron chi connectivity index (χ0n) is 12.1. The van der Waals surface area contributed by atoms with E-state index in [4.69, 9.17) is 4.74 Å². The van der Waals surface area contributed by atoms with Gasteiger partial charge in [-0.3, -0.25) is 0 Å². The lowest BCUT2D eigenvalue weighted by atomic mass is 10.0. The summed E-state index contributed by atoms with van der Waals surface area (Å²) in [6.45, 7) is 6.16. The number of benzene rings is 2. The highest BCUT2D eigenvalue weighted by molar-refractivity contribution is 9.11. The topological polar surface area (TPSA) is 26.3 Å². The van der Waals surface area contributed by atoms with Crippen LogP contribution in [0, 0.1) is 6.92 Å². The van der Waals surface area contributed by atoms with Gasteiger partial charge in [0, 0.05) is 8.95 Å². The van der Waals surface area contributed by atoms with E-state index in [1.165, 1.54) is 0 Å². The largest absolute Gasteiger partial charge is 0.423 e. The molecule has 0 aliphatic rings. The molecule has 0 N–H and O–H groups in total. The summed E-state index contributed by atoms with van der Waals surface area (Å²) in [5.74, 6) is 0.630. The molecule has 0 aromatic heterocycles. The molecule has 2 aromatic carbocycles. The van der Waals surface area contributed by atoms with Gasteiger partial charge < -0.3 is 4.74 Å². The molecule has 0 aliphatic carbocycles. The smallest absolute Gasteiger partial charge is 0.344 e. The Hall–Kier alpha value is -1.13. The molecule has 0 aliphatic heterocycles. The van der Waals surface area contributed by atoms with Crippen molar-refractivity contribution in [2.24, 2.45) is 0 Å². The quantitative estimate of drug-likeness (QED) is 0.466. The first-order valence-corrected chi connectivity index (χ1v) is 8.25. The summed E-state index contributed by atoms with van der Waals surface area (Å²) in [6, 6.07) is 11.4. The first kappa shape index (κ1) is 16.2. The average Bonchev–Trinajstić information content (AvgIpc) is 2.43. The summed E-state index contributed by atoms with van der Waals surface area (Å²) in [6.07, 6.45) is 0. The second-order valence-corrected chi connectivity index (χ2v) is 6.96. The Morgan fingerprint density at radius 1 is 1.10 bits per heavy atom. The van der Waals surface area contributed by atoms with Gasteiger partial charge in [0.15, 0.2) is 0 Å². The molecular formula is C17H16Br2O2. The molecule has 0 unspecified atom stereocenters. The van der Waals surface area contributed by atoms with Crippen LogP contribution in [0.3, 0.4) is 0 Å². The fourth-order valence-corrected chi connectivity index (χ4v) is 2.66. The minimum Gasteiger partial charge on any atom is -0.423 e. The second-order valence-electron chi connectivity index (χ2n) is 5.19. The molecule has 4 heteroatoms. The highest BCUT2D eigenvalue weighted by Crippen LogP contribution is 2.27. The average molecular weight is 412 g/mol. The SMILES string of the molecule is Cc1ccc(C(C)C)cc1OC(=O)c1cc(Br)ccc1Br. The van der Waals surface area contributed by atoms with Gasteiger partial charge in [-0.1, -0.05) is 41.9 Å². The molecule has 0 atom stereocenters. The van der Waals surface area contributed by atoms with Gasteiger partial charge in [-0.2, -0.15) is 0 Å². The van der Waals surface area contributed by atoms with E-state index in [-0.39, 0.29) is 5.97 Å². The molecule has 110 valence electrons. The lowest BCUT2D eigenvalue weighted by Crippen LogP contribution is -2.10. The van der Waals surface area contributed by atoms with Crippen molar-refractivity contribution in [3.05, 3.63) is 62.0 Å². The van der Waals surface area contributed by atoms with Crippen molar-refractivity contribution in [2.45, 2.75) is 26.7 Å². The van der Waals surface area contributed by atoms with Gasteiger partial charge >= 0.3 is 5.97 Å². The molecule has 0 spiro atoms. The van der Waals surface area contributed by atoms with Crippen LogP contribution in [0.2, 0.25) is 0 Å². The molecule has 2 aromatic rings. The number of hydrogen-bond acceptors (Lipinski definition) is 2. The van der Waals surface area contributed by atoms with Gasteiger partial charge in [-0.25, -0.2) is 4.79 Å². The van der Waals surface area contributed by atoms with Crippen LogP contribution in [-0.4, -0.2) is 5.97 Å². The van der Waals surface area contributed by atoms with Gasteiger partial charge in [0.25, 0.3) is 0 Å². The number of carbonyl (C=O) groups is 1. The van der Waals surface area contributed by atoms with Gasteiger partial charge in [-0.05, 0) is 64.2 Å². The van der Waals surface area contributed by atoms with Crippen LogP contribution in [0.25, 0.3) is 0 Å². The third-order valence-corrected chi connectivity index (χ3v) is 4.41. The Balaban J connectivity index is 2.31. The lowest BCUT2D eigenvalue weighted by Gasteiger charge is -2.12. The van der Waals surface area contributed by atoms with E-state index in [1.807, 2.05) is 31.2 Å². The predicted molar refractivity (Wildman–Crippen MR) is 92.1 cm³/mol. The summed E-state index contributed by atoms with van der Waals surface area (Å²) >= 11 is 6.75. The van der Waals surface area contributed by atoms with Gasteiger partial charge in [0.05, 0.1) is 5.56 Å². The maximum atomic E-state index is 12.3. The molecule has 0 heterocycles.